The van der Waals surface area contributed by atoms with Gasteiger partial charge >= 0.3 is 0 Å². The number of amides is 2. The van der Waals surface area contributed by atoms with Gasteiger partial charge in [0, 0.05) is 6.26 Å². The highest BCUT2D eigenvalue weighted by Crippen LogP contribution is 2.41. The summed E-state index contributed by atoms with van der Waals surface area (Å²) in [6, 6.07) is 5.91. The Morgan fingerprint density at radius 3 is 2.41 bits per heavy atom. The van der Waals surface area contributed by atoms with Crippen molar-refractivity contribution >= 4 is 43.3 Å². The first-order valence-electron chi connectivity index (χ1n) is 9.33. The summed E-state index contributed by atoms with van der Waals surface area (Å²) in [6.45, 7) is 2.05. The van der Waals surface area contributed by atoms with E-state index in [1.807, 2.05) is 0 Å². The second kappa shape index (κ2) is 8.87. The molecule has 0 spiro atoms. The lowest BCUT2D eigenvalue weighted by molar-refractivity contribution is -0.385. The maximum atomic E-state index is 13.2. The molecular weight excluding hydrogens is 508 g/mol. The van der Waals surface area contributed by atoms with Crippen LogP contribution in [0.1, 0.15) is 39.2 Å². The molecule has 0 saturated carbocycles. The van der Waals surface area contributed by atoms with Crippen LogP contribution in [0.2, 0.25) is 0 Å². The van der Waals surface area contributed by atoms with Crippen molar-refractivity contribution in [2.45, 2.75) is 13.0 Å². The van der Waals surface area contributed by atoms with Crippen molar-refractivity contribution in [1.29, 1.82) is 0 Å². The Labute approximate surface area is 192 Å². The van der Waals surface area contributed by atoms with Crippen LogP contribution < -0.4 is 9.47 Å². The monoisotopic (exact) mass is 526 g/mol. The number of sulfone groups is 1. The lowest BCUT2D eigenvalue weighted by atomic mass is 10.1. The van der Waals surface area contributed by atoms with Gasteiger partial charge in [0.1, 0.15) is 15.4 Å². The molecule has 2 aromatic carbocycles. The van der Waals surface area contributed by atoms with E-state index >= 15 is 0 Å². The molecular formula is C20H19BrN2O8S. The zero-order valence-corrected chi connectivity index (χ0v) is 19.7. The molecule has 0 N–H and O–H groups in total. The number of imide groups is 1. The Hall–Kier alpha value is -2.99. The Balaban J connectivity index is 2.19. The van der Waals surface area contributed by atoms with Crippen LogP contribution in [0.15, 0.2) is 34.8 Å². The summed E-state index contributed by atoms with van der Waals surface area (Å²) in [5.74, 6) is -1.65. The number of methoxy groups -OCH3 is 1. The Morgan fingerprint density at radius 2 is 1.84 bits per heavy atom. The first-order chi connectivity index (χ1) is 15.0. The topological polar surface area (TPSA) is 133 Å². The number of rotatable bonds is 8. The SMILES string of the molecule is CCOc1cc([C@@H](CS(C)(=O)=O)N2C(=O)c3ccc(Br)c([N+](=O)[O-])c3C2=O)ccc1OC. The van der Waals surface area contributed by atoms with E-state index in [4.69, 9.17) is 9.47 Å². The van der Waals surface area contributed by atoms with Crippen LogP contribution in [0.25, 0.3) is 0 Å². The van der Waals surface area contributed by atoms with Gasteiger partial charge in [0.15, 0.2) is 11.5 Å². The normalized spacial score (nSPS) is 14.3. The molecule has 10 nitrogen and oxygen atoms in total. The van der Waals surface area contributed by atoms with E-state index < -0.39 is 44.1 Å². The number of ether oxygens (including phenoxy) is 2. The van der Waals surface area contributed by atoms with Crippen LogP contribution in [0.5, 0.6) is 11.5 Å². The van der Waals surface area contributed by atoms with Crippen molar-refractivity contribution in [2.24, 2.45) is 0 Å². The van der Waals surface area contributed by atoms with Gasteiger partial charge in [-0.2, -0.15) is 0 Å². The summed E-state index contributed by atoms with van der Waals surface area (Å²) in [5.41, 5.74) is -0.796. The summed E-state index contributed by atoms with van der Waals surface area (Å²) < 4.78 is 35.2. The minimum atomic E-state index is -3.68. The fourth-order valence-electron chi connectivity index (χ4n) is 3.54. The number of carbonyl (C=O) groups is 2. The van der Waals surface area contributed by atoms with E-state index in [9.17, 15) is 28.1 Å². The number of carbonyl (C=O) groups excluding carboxylic acids is 2. The predicted octanol–water partition coefficient (Wildman–Crippen LogP) is 3.15. The zero-order chi connectivity index (χ0) is 23.8. The predicted molar refractivity (Wildman–Crippen MR) is 118 cm³/mol. The molecule has 12 heteroatoms. The number of nitrogens with zero attached hydrogens (tertiary/aromatic N) is 2. The molecule has 1 aliphatic rings. The molecule has 1 heterocycles. The molecule has 0 radical (unpaired) electrons. The number of halogens is 1. The molecule has 2 aromatic rings. The largest absolute Gasteiger partial charge is 0.493 e. The minimum absolute atomic E-state index is 0.0343. The summed E-state index contributed by atoms with van der Waals surface area (Å²) >= 11 is 3.04. The van der Waals surface area contributed by atoms with Gasteiger partial charge in [-0.25, -0.2) is 8.42 Å². The molecule has 0 saturated heterocycles. The van der Waals surface area contributed by atoms with Gasteiger partial charge in [-0.1, -0.05) is 6.07 Å². The number of benzene rings is 2. The Kier molecular flexibility index (Phi) is 6.56. The third-order valence-electron chi connectivity index (χ3n) is 4.84. The number of hydrogen-bond donors (Lipinski definition) is 0. The summed E-state index contributed by atoms with van der Waals surface area (Å²) in [7, 11) is -2.24. The third-order valence-corrected chi connectivity index (χ3v) is 6.40. The van der Waals surface area contributed by atoms with Crippen molar-refractivity contribution < 1.29 is 32.4 Å². The quantitative estimate of drug-likeness (QED) is 0.291. The zero-order valence-electron chi connectivity index (χ0n) is 17.3. The molecule has 0 fully saturated rings. The average molecular weight is 527 g/mol. The molecule has 1 aliphatic heterocycles. The van der Waals surface area contributed by atoms with Crippen LogP contribution in [0, 0.1) is 10.1 Å². The van der Waals surface area contributed by atoms with Gasteiger partial charge < -0.3 is 9.47 Å². The van der Waals surface area contributed by atoms with Crippen LogP contribution in [0.4, 0.5) is 5.69 Å². The molecule has 0 unspecified atom stereocenters. The highest BCUT2D eigenvalue weighted by molar-refractivity contribution is 9.10. The summed E-state index contributed by atoms with van der Waals surface area (Å²) in [4.78, 5) is 37.9. The van der Waals surface area contributed by atoms with Crippen LogP contribution >= 0.6 is 15.9 Å². The van der Waals surface area contributed by atoms with E-state index in [-0.39, 0.29) is 15.6 Å². The first kappa shape index (κ1) is 23.7. The van der Waals surface area contributed by atoms with E-state index in [0.717, 1.165) is 11.2 Å². The van der Waals surface area contributed by atoms with Gasteiger partial charge in [0.25, 0.3) is 17.5 Å². The lowest BCUT2D eigenvalue weighted by Gasteiger charge is -2.26. The van der Waals surface area contributed by atoms with Gasteiger partial charge in [0.05, 0.1) is 40.5 Å². The fourth-order valence-corrected chi connectivity index (χ4v) is 4.93. The van der Waals surface area contributed by atoms with Gasteiger partial charge in [0.2, 0.25) is 0 Å². The van der Waals surface area contributed by atoms with Crippen LogP contribution in [-0.4, -0.2) is 55.8 Å². The van der Waals surface area contributed by atoms with Gasteiger partial charge in [-0.05, 0) is 52.7 Å². The van der Waals surface area contributed by atoms with Crippen LogP contribution in [0.3, 0.4) is 0 Å². The number of nitro benzene ring substituents is 1. The van der Waals surface area contributed by atoms with Crippen molar-refractivity contribution in [1.82, 2.24) is 4.90 Å². The molecule has 32 heavy (non-hydrogen) atoms. The molecule has 0 aromatic heterocycles. The molecule has 170 valence electrons. The standard InChI is InChI=1S/C20H19BrN2O8S/c1-4-31-16-9-11(5-8-15(16)30-2)14(10-32(3,28)29)22-19(24)12-6-7-13(21)18(23(26)27)17(12)20(22)25/h5-9,14H,4,10H2,1-3H3/t14-/m1/s1. The number of fused-ring (bicyclic) bond motifs is 1. The Bertz CT molecular complexity index is 1230. The minimum Gasteiger partial charge on any atom is -0.493 e. The highest BCUT2D eigenvalue weighted by atomic mass is 79.9. The number of nitro groups is 1. The second-order valence-corrected chi connectivity index (χ2v) is 10.0. The van der Waals surface area contributed by atoms with Gasteiger partial charge in [-0.15, -0.1) is 0 Å². The van der Waals surface area contributed by atoms with E-state index in [1.54, 1.807) is 6.92 Å². The van der Waals surface area contributed by atoms with Crippen LogP contribution in [-0.2, 0) is 9.84 Å². The first-order valence-corrected chi connectivity index (χ1v) is 12.2. The average Bonchev–Trinajstić information content (AvgIpc) is 2.95. The smallest absolute Gasteiger partial charge is 0.297 e. The van der Waals surface area contributed by atoms with Crippen molar-refractivity contribution in [3.63, 3.8) is 0 Å². The molecule has 2 amide bonds. The van der Waals surface area contributed by atoms with E-state index in [2.05, 4.69) is 15.9 Å². The molecule has 0 bridgehead atoms. The Morgan fingerprint density at radius 1 is 1.16 bits per heavy atom. The van der Waals surface area contributed by atoms with E-state index in [1.165, 1.54) is 37.4 Å². The van der Waals surface area contributed by atoms with Gasteiger partial charge in [-0.3, -0.25) is 24.6 Å². The number of hydrogen-bond acceptors (Lipinski definition) is 8. The molecule has 0 aliphatic carbocycles. The third kappa shape index (κ3) is 4.32. The fraction of sp³-hybridized carbons (Fsp3) is 0.300. The van der Waals surface area contributed by atoms with Crippen molar-refractivity contribution in [2.75, 3.05) is 25.7 Å². The lowest BCUT2D eigenvalue weighted by Crippen LogP contribution is -2.37. The van der Waals surface area contributed by atoms with E-state index in [0.29, 0.717) is 23.7 Å². The maximum Gasteiger partial charge on any atom is 0.297 e. The highest BCUT2D eigenvalue weighted by Gasteiger charge is 2.46. The summed E-state index contributed by atoms with van der Waals surface area (Å²) in [6.07, 6.45) is 0.976. The molecule has 3 rings (SSSR count). The maximum absolute atomic E-state index is 13.2. The van der Waals surface area contributed by atoms with Crippen molar-refractivity contribution in [3.8, 4) is 11.5 Å². The molecule has 1 atom stereocenters. The van der Waals surface area contributed by atoms with Crippen molar-refractivity contribution in [3.05, 3.63) is 61.6 Å². The summed E-state index contributed by atoms with van der Waals surface area (Å²) in [5, 5.41) is 11.6. The second-order valence-electron chi connectivity index (χ2n) is 7.01.